The summed E-state index contributed by atoms with van der Waals surface area (Å²) in [4.78, 5) is 2.59. The maximum Gasteiger partial charge on any atom is 0.0398 e. The van der Waals surface area contributed by atoms with Gasteiger partial charge in [-0.2, -0.15) is 0 Å². The van der Waals surface area contributed by atoms with E-state index in [1.54, 1.807) is 5.56 Å². The summed E-state index contributed by atoms with van der Waals surface area (Å²) in [5.41, 5.74) is 4.44. The Morgan fingerprint density at radius 3 is 2.95 bits per heavy atom. The van der Waals surface area contributed by atoms with E-state index in [1.807, 2.05) is 0 Å². The van der Waals surface area contributed by atoms with Crippen LogP contribution in [0.4, 0.5) is 5.69 Å². The second-order valence-corrected chi connectivity index (χ2v) is 5.64. The van der Waals surface area contributed by atoms with Crippen LogP contribution in [-0.2, 0) is 6.42 Å². The lowest BCUT2D eigenvalue weighted by Crippen LogP contribution is -2.30. The first-order chi connectivity index (χ1) is 9.31. The minimum Gasteiger partial charge on any atom is -0.371 e. The zero-order valence-corrected chi connectivity index (χ0v) is 12.5. The molecule has 19 heavy (non-hydrogen) atoms. The van der Waals surface area contributed by atoms with Gasteiger partial charge in [-0.25, -0.2) is 0 Å². The van der Waals surface area contributed by atoms with Crippen LogP contribution in [0.25, 0.3) is 0 Å². The summed E-state index contributed by atoms with van der Waals surface area (Å²) in [5, 5.41) is 3.39. The van der Waals surface area contributed by atoms with Crippen molar-refractivity contribution in [3.8, 4) is 0 Å². The number of hydrogen-bond donors (Lipinski definition) is 1. The molecule has 1 heterocycles. The van der Waals surface area contributed by atoms with Gasteiger partial charge >= 0.3 is 0 Å². The monoisotopic (exact) mass is 260 g/mol. The highest BCUT2D eigenvalue weighted by atomic mass is 15.1. The van der Waals surface area contributed by atoms with Crippen molar-refractivity contribution in [2.75, 3.05) is 31.1 Å². The van der Waals surface area contributed by atoms with Crippen LogP contribution in [0.5, 0.6) is 0 Å². The van der Waals surface area contributed by atoms with E-state index >= 15 is 0 Å². The van der Waals surface area contributed by atoms with Gasteiger partial charge in [0.25, 0.3) is 0 Å². The van der Waals surface area contributed by atoms with E-state index in [9.17, 15) is 0 Å². The Kier molecular flexibility index (Phi) is 5.71. The summed E-state index contributed by atoms with van der Waals surface area (Å²) in [6.07, 6.45) is 6.54. The third-order valence-corrected chi connectivity index (χ3v) is 3.98. The average Bonchev–Trinajstić information content (AvgIpc) is 2.42. The highest BCUT2D eigenvalue weighted by Crippen LogP contribution is 2.28. The van der Waals surface area contributed by atoms with Gasteiger partial charge in [-0.15, -0.1) is 0 Å². The number of rotatable bonds is 7. The van der Waals surface area contributed by atoms with Crippen LogP contribution in [0.15, 0.2) is 18.2 Å². The molecule has 2 heteroatoms. The number of aryl methyl sites for hydroxylation is 2. The number of fused-ring (bicyclic) bond motifs is 1. The highest BCUT2D eigenvalue weighted by molar-refractivity contribution is 5.56. The SMILES string of the molecule is CCNCCCCCN1CCCc2cc(C)ccc21. The molecule has 0 saturated heterocycles. The van der Waals surface area contributed by atoms with Gasteiger partial charge in [-0.05, 0) is 57.3 Å². The Morgan fingerprint density at radius 1 is 1.21 bits per heavy atom. The second-order valence-electron chi connectivity index (χ2n) is 5.64. The fourth-order valence-electron chi connectivity index (χ4n) is 2.94. The third kappa shape index (κ3) is 4.24. The zero-order valence-electron chi connectivity index (χ0n) is 12.5. The molecule has 2 rings (SSSR count). The minimum absolute atomic E-state index is 1.10. The van der Waals surface area contributed by atoms with Gasteiger partial charge in [0, 0.05) is 18.8 Å². The maximum absolute atomic E-state index is 3.39. The van der Waals surface area contributed by atoms with Crippen molar-refractivity contribution >= 4 is 5.69 Å². The van der Waals surface area contributed by atoms with E-state index in [-0.39, 0.29) is 0 Å². The van der Waals surface area contributed by atoms with Crippen LogP contribution in [0.3, 0.4) is 0 Å². The summed E-state index contributed by atoms with van der Waals surface area (Å²) >= 11 is 0. The lowest BCUT2D eigenvalue weighted by Gasteiger charge is -2.31. The Hall–Kier alpha value is -1.02. The molecule has 0 aromatic heterocycles. The van der Waals surface area contributed by atoms with Crippen molar-refractivity contribution in [2.24, 2.45) is 0 Å². The lowest BCUT2D eigenvalue weighted by atomic mass is 9.99. The molecule has 1 aromatic rings. The van der Waals surface area contributed by atoms with Gasteiger partial charge in [0.2, 0.25) is 0 Å². The minimum atomic E-state index is 1.10. The molecular weight excluding hydrogens is 232 g/mol. The van der Waals surface area contributed by atoms with E-state index in [0.29, 0.717) is 0 Å². The van der Waals surface area contributed by atoms with Crippen LogP contribution in [0, 0.1) is 6.92 Å². The predicted octanol–water partition coefficient (Wildman–Crippen LogP) is 3.53. The average molecular weight is 260 g/mol. The van der Waals surface area contributed by atoms with Gasteiger partial charge in [0.05, 0.1) is 0 Å². The number of nitrogens with one attached hydrogen (secondary N) is 1. The first-order valence-electron chi connectivity index (χ1n) is 7.86. The Balaban J connectivity index is 1.79. The topological polar surface area (TPSA) is 15.3 Å². The molecule has 0 amide bonds. The van der Waals surface area contributed by atoms with Gasteiger partial charge in [0.1, 0.15) is 0 Å². The van der Waals surface area contributed by atoms with E-state index < -0.39 is 0 Å². The Morgan fingerprint density at radius 2 is 2.11 bits per heavy atom. The predicted molar refractivity (Wildman–Crippen MR) is 84.1 cm³/mol. The maximum atomic E-state index is 3.39. The van der Waals surface area contributed by atoms with Crippen LogP contribution in [-0.4, -0.2) is 26.2 Å². The number of unbranched alkanes of at least 4 members (excludes halogenated alkanes) is 2. The van der Waals surface area contributed by atoms with Gasteiger partial charge in [-0.1, -0.05) is 31.0 Å². The molecule has 2 nitrogen and oxygen atoms in total. The van der Waals surface area contributed by atoms with Crippen molar-refractivity contribution in [2.45, 2.75) is 46.0 Å². The largest absolute Gasteiger partial charge is 0.371 e. The van der Waals surface area contributed by atoms with E-state index in [1.165, 1.54) is 63.0 Å². The molecule has 1 aliphatic rings. The Bertz CT molecular complexity index is 387. The molecule has 1 aromatic carbocycles. The van der Waals surface area contributed by atoms with Crippen LogP contribution in [0.1, 0.15) is 43.7 Å². The molecule has 0 aliphatic carbocycles. The molecule has 0 spiro atoms. The fourth-order valence-corrected chi connectivity index (χ4v) is 2.94. The fraction of sp³-hybridized carbons (Fsp3) is 0.647. The molecule has 1 N–H and O–H groups in total. The number of anilines is 1. The molecule has 0 radical (unpaired) electrons. The quantitative estimate of drug-likeness (QED) is 0.755. The van der Waals surface area contributed by atoms with Crippen LogP contribution < -0.4 is 10.2 Å². The van der Waals surface area contributed by atoms with Crippen LogP contribution >= 0.6 is 0 Å². The van der Waals surface area contributed by atoms with Crippen LogP contribution in [0.2, 0.25) is 0 Å². The smallest absolute Gasteiger partial charge is 0.0398 e. The summed E-state index contributed by atoms with van der Waals surface area (Å²) in [6.45, 7) is 9.10. The van der Waals surface area contributed by atoms with E-state index in [0.717, 1.165) is 6.54 Å². The Labute approximate surface area is 118 Å². The van der Waals surface area contributed by atoms with E-state index in [2.05, 4.69) is 42.3 Å². The number of nitrogens with zero attached hydrogens (tertiary/aromatic N) is 1. The van der Waals surface area contributed by atoms with E-state index in [4.69, 9.17) is 0 Å². The molecule has 0 saturated carbocycles. The van der Waals surface area contributed by atoms with Crippen molar-refractivity contribution < 1.29 is 0 Å². The van der Waals surface area contributed by atoms with Crippen molar-refractivity contribution in [3.63, 3.8) is 0 Å². The van der Waals surface area contributed by atoms with Gasteiger partial charge in [-0.3, -0.25) is 0 Å². The van der Waals surface area contributed by atoms with Crippen molar-refractivity contribution in [3.05, 3.63) is 29.3 Å². The molecule has 0 unspecified atom stereocenters. The first kappa shape index (κ1) is 14.4. The third-order valence-electron chi connectivity index (χ3n) is 3.98. The number of benzene rings is 1. The van der Waals surface area contributed by atoms with Gasteiger partial charge in [0.15, 0.2) is 0 Å². The van der Waals surface area contributed by atoms with Crippen molar-refractivity contribution in [1.29, 1.82) is 0 Å². The second kappa shape index (κ2) is 7.54. The summed E-state index contributed by atoms with van der Waals surface area (Å²) in [7, 11) is 0. The zero-order chi connectivity index (χ0) is 13.5. The summed E-state index contributed by atoms with van der Waals surface area (Å²) < 4.78 is 0. The number of hydrogen-bond acceptors (Lipinski definition) is 2. The molecule has 1 aliphatic heterocycles. The molecule has 106 valence electrons. The molecule has 0 atom stereocenters. The van der Waals surface area contributed by atoms with Crippen molar-refractivity contribution in [1.82, 2.24) is 5.32 Å². The molecule has 0 fully saturated rings. The van der Waals surface area contributed by atoms with Gasteiger partial charge < -0.3 is 10.2 Å². The first-order valence-corrected chi connectivity index (χ1v) is 7.86. The molecule has 0 bridgehead atoms. The summed E-state index contributed by atoms with van der Waals surface area (Å²) in [6, 6.07) is 6.94. The standard InChI is InChI=1S/C17H28N2/c1-3-18-11-5-4-6-12-19-13-7-8-16-14-15(2)9-10-17(16)19/h9-10,14,18H,3-8,11-13H2,1-2H3. The summed E-state index contributed by atoms with van der Waals surface area (Å²) in [5.74, 6) is 0. The lowest BCUT2D eigenvalue weighted by molar-refractivity contribution is 0.595. The molecular formula is C17H28N2. The normalized spacial score (nSPS) is 14.5. The highest BCUT2D eigenvalue weighted by Gasteiger charge is 2.15.